The number of nitrogens with zero attached hydrogens (tertiary/aromatic N) is 3. The highest BCUT2D eigenvalue weighted by Crippen LogP contribution is 2.10. The van der Waals surface area contributed by atoms with Crippen molar-refractivity contribution < 1.29 is 9.53 Å². The Morgan fingerprint density at radius 1 is 1.19 bits per heavy atom. The van der Waals surface area contributed by atoms with Crippen LogP contribution in [0.3, 0.4) is 0 Å². The van der Waals surface area contributed by atoms with Crippen molar-refractivity contribution in [3.8, 4) is 0 Å². The number of rotatable bonds is 6. The lowest BCUT2D eigenvalue weighted by atomic mass is 10.0. The number of likely N-dealkylation sites (tertiary alicyclic amines) is 1. The molecule has 21 heavy (non-hydrogen) atoms. The van der Waals surface area contributed by atoms with E-state index in [0.29, 0.717) is 12.6 Å². The van der Waals surface area contributed by atoms with Crippen LogP contribution in [0.25, 0.3) is 0 Å². The second-order valence-electron chi connectivity index (χ2n) is 6.30. The van der Waals surface area contributed by atoms with Gasteiger partial charge in [-0.05, 0) is 26.9 Å². The molecular weight excluding hydrogens is 268 g/mol. The summed E-state index contributed by atoms with van der Waals surface area (Å²) in [6, 6.07) is 0.564. The maximum absolute atomic E-state index is 12.0. The largest absolute Gasteiger partial charge is 0.379 e. The molecule has 2 fully saturated rings. The summed E-state index contributed by atoms with van der Waals surface area (Å²) in [6.45, 7) is 8.29. The zero-order valence-corrected chi connectivity index (χ0v) is 13.5. The van der Waals surface area contributed by atoms with Gasteiger partial charge in [-0.2, -0.15) is 0 Å². The average molecular weight is 298 g/mol. The van der Waals surface area contributed by atoms with E-state index in [9.17, 15) is 4.79 Å². The van der Waals surface area contributed by atoms with Crippen LogP contribution in [-0.2, 0) is 9.53 Å². The minimum absolute atomic E-state index is 0.256. The number of amides is 1. The second kappa shape index (κ2) is 8.68. The zero-order chi connectivity index (χ0) is 15.1. The summed E-state index contributed by atoms with van der Waals surface area (Å²) in [5.74, 6) is 0.256. The summed E-state index contributed by atoms with van der Waals surface area (Å²) >= 11 is 0. The van der Waals surface area contributed by atoms with Gasteiger partial charge in [0.1, 0.15) is 0 Å². The Morgan fingerprint density at radius 3 is 2.48 bits per heavy atom. The molecule has 0 aromatic carbocycles. The molecule has 0 aromatic rings. The molecule has 2 saturated heterocycles. The lowest BCUT2D eigenvalue weighted by Crippen LogP contribution is -2.48. The fourth-order valence-corrected chi connectivity index (χ4v) is 2.96. The number of hydrogen-bond donors (Lipinski definition) is 1. The molecule has 1 N–H and O–H groups in total. The Labute approximate surface area is 128 Å². The molecule has 2 rings (SSSR count). The minimum Gasteiger partial charge on any atom is -0.379 e. The summed E-state index contributed by atoms with van der Waals surface area (Å²) in [5, 5.41) is 3.64. The van der Waals surface area contributed by atoms with E-state index in [1.165, 1.54) is 0 Å². The first kappa shape index (κ1) is 16.7. The van der Waals surface area contributed by atoms with Crippen molar-refractivity contribution in [2.45, 2.75) is 18.9 Å². The van der Waals surface area contributed by atoms with Crippen LogP contribution in [0, 0.1) is 0 Å². The molecule has 0 aromatic heterocycles. The first-order valence-corrected chi connectivity index (χ1v) is 8.11. The molecule has 122 valence electrons. The van der Waals surface area contributed by atoms with Gasteiger partial charge in [0.25, 0.3) is 0 Å². The summed E-state index contributed by atoms with van der Waals surface area (Å²) in [7, 11) is 3.88. The van der Waals surface area contributed by atoms with Crippen LogP contribution in [0.4, 0.5) is 0 Å². The van der Waals surface area contributed by atoms with Gasteiger partial charge in [-0.25, -0.2) is 0 Å². The summed E-state index contributed by atoms with van der Waals surface area (Å²) < 4.78 is 5.35. The maximum atomic E-state index is 12.0. The fraction of sp³-hybridized carbons (Fsp3) is 0.933. The van der Waals surface area contributed by atoms with Crippen LogP contribution in [-0.4, -0.2) is 99.8 Å². The van der Waals surface area contributed by atoms with Crippen molar-refractivity contribution >= 4 is 5.91 Å². The molecule has 0 saturated carbocycles. The Balaban J connectivity index is 1.57. The van der Waals surface area contributed by atoms with Gasteiger partial charge in [0, 0.05) is 45.3 Å². The van der Waals surface area contributed by atoms with Crippen LogP contribution >= 0.6 is 0 Å². The predicted molar refractivity (Wildman–Crippen MR) is 83.4 cm³/mol. The van der Waals surface area contributed by atoms with Crippen molar-refractivity contribution in [3.63, 3.8) is 0 Å². The van der Waals surface area contributed by atoms with Crippen molar-refractivity contribution in [3.05, 3.63) is 0 Å². The highest BCUT2D eigenvalue weighted by molar-refractivity contribution is 5.78. The molecule has 0 radical (unpaired) electrons. The number of hydrogen-bond acceptors (Lipinski definition) is 5. The third kappa shape index (κ3) is 5.90. The monoisotopic (exact) mass is 298 g/mol. The summed E-state index contributed by atoms with van der Waals surface area (Å²) in [5.41, 5.74) is 0. The summed E-state index contributed by atoms with van der Waals surface area (Å²) in [6.07, 6.45) is 2.14. The van der Waals surface area contributed by atoms with Gasteiger partial charge in [0.15, 0.2) is 0 Å². The van der Waals surface area contributed by atoms with E-state index < -0.39 is 0 Å². The Kier molecular flexibility index (Phi) is 6.89. The molecule has 0 bridgehead atoms. The first-order valence-electron chi connectivity index (χ1n) is 8.11. The fourth-order valence-electron chi connectivity index (χ4n) is 2.96. The molecule has 6 nitrogen and oxygen atoms in total. The highest BCUT2D eigenvalue weighted by Gasteiger charge is 2.22. The van der Waals surface area contributed by atoms with Gasteiger partial charge < -0.3 is 19.9 Å². The van der Waals surface area contributed by atoms with Crippen molar-refractivity contribution in [1.29, 1.82) is 0 Å². The zero-order valence-electron chi connectivity index (χ0n) is 13.5. The molecule has 0 spiro atoms. The van der Waals surface area contributed by atoms with E-state index in [0.717, 1.165) is 65.3 Å². The number of carbonyl (C=O) groups is 1. The quantitative estimate of drug-likeness (QED) is 0.714. The maximum Gasteiger partial charge on any atom is 0.236 e. The molecule has 0 unspecified atom stereocenters. The van der Waals surface area contributed by atoms with Crippen molar-refractivity contribution in [1.82, 2.24) is 20.0 Å². The smallest absolute Gasteiger partial charge is 0.236 e. The number of carbonyl (C=O) groups excluding carboxylic acids is 1. The SMILES string of the molecule is CN(C)CC(=O)N1CCC(NCCN2CCOCC2)CC1. The molecular formula is C15H30N4O2. The van der Waals surface area contributed by atoms with Gasteiger partial charge in [0.05, 0.1) is 19.8 Å². The van der Waals surface area contributed by atoms with E-state index in [4.69, 9.17) is 4.74 Å². The molecule has 1 amide bonds. The standard InChI is InChI=1S/C15H30N4O2/c1-17(2)13-15(20)19-6-3-14(4-7-19)16-5-8-18-9-11-21-12-10-18/h14,16H,3-13H2,1-2H3. The molecule has 2 aliphatic heterocycles. The number of nitrogens with one attached hydrogen (secondary N) is 1. The number of piperidine rings is 1. The topological polar surface area (TPSA) is 48.1 Å². The van der Waals surface area contributed by atoms with Gasteiger partial charge in [-0.3, -0.25) is 9.69 Å². The van der Waals surface area contributed by atoms with Crippen LogP contribution in [0.5, 0.6) is 0 Å². The van der Waals surface area contributed by atoms with Gasteiger partial charge in [0.2, 0.25) is 5.91 Å². The van der Waals surface area contributed by atoms with E-state index >= 15 is 0 Å². The van der Waals surface area contributed by atoms with Crippen LogP contribution < -0.4 is 5.32 Å². The van der Waals surface area contributed by atoms with Gasteiger partial charge >= 0.3 is 0 Å². The predicted octanol–water partition coefficient (Wildman–Crippen LogP) is -0.539. The molecule has 6 heteroatoms. The average Bonchev–Trinajstić information content (AvgIpc) is 2.48. The van der Waals surface area contributed by atoms with E-state index in [-0.39, 0.29) is 5.91 Å². The van der Waals surface area contributed by atoms with Crippen LogP contribution in [0.2, 0.25) is 0 Å². The van der Waals surface area contributed by atoms with E-state index in [1.54, 1.807) is 0 Å². The first-order chi connectivity index (χ1) is 10.1. The normalized spacial score (nSPS) is 22.0. The van der Waals surface area contributed by atoms with Crippen molar-refractivity contribution in [2.24, 2.45) is 0 Å². The Morgan fingerprint density at radius 2 is 1.86 bits per heavy atom. The molecule has 2 aliphatic rings. The van der Waals surface area contributed by atoms with Gasteiger partial charge in [-0.1, -0.05) is 0 Å². The minimum atomic E-state index is 0.256. The van der Waals surface area contributed by atoms with Crippen LogP contribution in [0.15, 0.2) is 0 Å². The number of likely N-dealkylation sites (N-methyl/N-ethyl adjacent to an activating group) is 1. The van der Waals surface area contributed by atoms with E-state index in [1.807, 2.05) is 23.9 Å². The Hall–Kier alpha value is -0.690. The van der Waals surface area contributed by atoms with Crippen molar-refractivity contribution in [2.75, 3.05) is 73.1 Å². The van der Waals surface area contributed by atoms with E-state index in [2.05, 4.69) is 10.2 Å². The third-order valence-electron chi connectivity index (χ3n) is 4.26. The third-order valence-corrected chi connectivity index (χ3v) is 4.26. The molecule has 0 atom stereocenters. The highest BCUT2D eigenvalue weighted by atomic mass is 16.5. The number of ether oxygens (including phenoxy) is 1. The van der Waals surface area contributed by atoms with Gasteiger partial charge in [-0.15, -0.1) is 0 Å². The number of morpholine rings is 1. The molecule has 0 aliphatic carbocycles. The van der Waals surface area contributed by atoms with Crippen LogP contribution in [0.1, 0.15) is 12.8 Å². The molecule has 2 heterocycles. The summed E-state index contributed by atoms with van der Waals surface area (Å²) in [4.78, 5) is 18.4. The Bertz CT molecular complexity index is 311. The lowest BCUT2D eigenvalue weighted by molar-refractivity contribution is -0.132. The second-order valence-corrected chi connectivity index (χ2v) is 6.30. The lowest BCUT2D eigenvalue weighted by Gasteiger charge is -2.34.